The van der Waals surface area contributed by atoms with Crippen LogP contribution in [-0.2, 0) is 0 Å². The summed E-state index contributed by atoms with van der Waals surface area (Å²) in [6.45, 7) is 1.85. The molecule has 0 aliphatic heterocycles. The van der Waals surface area contributed by atoms with Crippen LogP contribution in [0.3, 0.4) is 0 Å². The quantitative estimate of drug-likeness (QED) is 0.754. The van der Waals surface area contributed by atoms with Gasteiger partial charge in [0.15, 0.2) is 11.3 Å². The number of pyridine rings is 1. The maximum Gasteiger partial charge on any atom is 0.356 e. The summed E-state index contributed by atoms with van der Waals surface area (Å²) in [4.78, 5) is 19.5. The van der Waals surface area contributed by atoms with Gasteiger partial charge in [-0.05, 0) is 25.1 Å². The highest BCUT2D eigenvalue weighted by molar-refractivity contribution is 5.86. The summed E-state index contributed by atoms with van der Waals surface area (Å²) in [6.07, 6.45) is 1.68. The highest BCUT2D eigenvalue weighted by Gasteiger charge is 2.14. The Morgan fingerprint density at radius 3 is 2.84 bits per heavy atom. The maximum atomic E-state index is 11.0. The molecule has 19 heavy (non-hydrogen) atoms. The van der Waals surface area contributed by atoms with Crippen molar-refractivity contribution in [1.82, 2.24) is 19.6 Å². The van der Waals surface area contributed by atoms with E-state index < -0.39 is 5.97 Å². The number of rotatable bonds is 2. The van der Waals surface area contributed by atoms with Gasteiger partial charge in [-0.25, -0.2) is 14.3 Å². The molecule has 6 heteroatoms. The molecule has 0 fully saturated rings. The van der Waals surface area contributed by atoms with Gasteiger partial charge in [0.25, 0.3) is 0 Å². The SMILES string of the molecule is Cc1cc(-c2ccccn2)n2nc(C(=O)O)cc2n1. The van der Waals surface area contributed by atoms with Crippen LogP contribution in [0.4, 0.5) is 0 Å². The maximum absolute atomic E-state index is 11.0. The normalized spacial score (nSPS) is 10.8. The number of carboxylic acids is 1. The number of hydrogen-bond donors (Lipinski definition) is 1. The number of nitrogens with zero attached hydrogens (tertiary/aromatic N) is 4. The van der Waals surface area contributed by atoms with Gasteiger partial charge in [-0.15, -0.1) is 0 Å². The topological polar surface area (TPSA) is 80.4 Å². The molecule has 0 radical (unpaired) electrons. The average Bonchev–Trinajstić information content (AvgIpc) is 2.82. The predicted octanol–water partition coefficient (Wildman–Crippen LogP) is 1.80. The van der Waals surface area contributed by atoms with Gasteiger partial charge in [0.1, 0.15) is 0 Å². The third-order valence-electron chi connectivity index (χ3n) is 2.70. The van der Waals surface area contributed by atoms with Gasteiger partial charge in [0.2, 0.25) is 0 Å². The second-order valence-corrected chi connectivity index (χ2v) is 4.10. The van der Waals surface area contributed by atoms with Gasteiger partial charge in [-0.3, -0.25) is 4.98 Å². The Morgan fingerprint density at radius 1 is 1.32 bits per heavy atom. The predicted molar refractivity (Wildman–Crippen MR) is 67.9 cm³/mol. The molecule has 0 spiro atoms. The molecular formula is C13H10N4O2. The lowest BCUT2D eigenvalue weighted by Gasteiger charge is -2.04. The van der Waals surface area contributed by atoms with E-state index in [2.05, 4.69) is 15.1 Å². The molecule has 0 aromatic carbocycles. The Morgan fingerprint density at radius 2 is 2.16 bits per heavy atom. The van der Waals surface area contributed by atoms with E-state index in [9.17, 15) is 4.79 Å². The summed E-state index contributed by atoms with van der Waals surface area (Å²) >= 11 is 0. The molecule has 1 N–H and O–H groups in total. The number of aromatic carboxylic acids is 1. The summed E-state index contributed by atoms with van der Waals surface area (Å²) in [7, 11) is 0. The van der Waals surface area contributed by atoms with Crippen molar-refractivity contribution in [3.63, 3.8) is 0 Å². The lowest BCUT2D eigenvalue weighted by atomic mass is 10.2. The molecule has 0 atom stereocenters. The van der Waals surface area contributed by atoms with E-state index in [1.165, 1.54) is 10.6 Å². The van der Waals surface area contributed by atoms with Crippen LogP contribution in [-0.4, -0.2) is 30.7 Å². The van der Waals surface area contributed by atoms with Crippen LogP contribution < -0.4 is 0 Å². The summed E-state index contributed by atoms with van der Waals surface area (Å²) in [6, 6.07) is 8.80. The van der Waals surface area contributed by atoms with Crippen LogP contribution >= 0.6 is 0 Å². The van der Waals surface area contributed by atoms with E-state index in [0.717, 1.165) is 17.1 Å². The van der Waals surface area contributed by atoms with Crippen molar-refractivity contribution < 1.29 is 9.90 Å². The zero-order chi connectivity index (χ0) is 13.4. The first-order chi connectivity index (χ1) is 9.15. The zero-order valence-corrected chi connectivity index (χ0v) is 10.1. The molecule has 0 unspecified atom stereocenters. The number of hydrogen-bond acceptors (Lipinski definition) is 4. The molecule has 3 rings (SSSR count). The molecule has 0 aliphatic carbocycles. The molecule has 0 aliphatic rings. The number of carboxylic acid groups (broad SMARTS) is 1. The van der Waals surface area contributed by atoms with Crippen LogP contribution in [0, 0.1) is 6.92 Å². The van der Waals surface area contributed by atoms with Crippen molar-refractivity contribution >= 4 is 11.6 Å². The molecule has 3 heterocycles. The molecule has 3 aromatic rings. The Hall–Kier alpha value is -2.76. The van der Waals surface area contributed by atoms with Crippen LogP contribution in [0.15, 0.2) is 36.5 Å². The first-order valence-corrected chi connectivity index (χ1v) is 5.67. The van der Waals surface area contributed by atoms with Gasteiger partial charge in [0.05, 0.1) is 11.4 Å². The second kappa shape index (κ2) is 4.16. The smallest absolute Gasteiger partial charge is 0.356 e. The highest BCUT2D eigenvalue weighted by Crippen LogP contribution is 2.19. The minimum absolute atomic E-state index is 0.0321. The summed E-state index contributed by atoms with van der Waals surface area (Å²) in [5, 5.41) is 13.0. The molecule has 6 nitrogen and oxygen atoms in total. The van der Waals surface area contributed by atoms with Crippen LogP contribution in [0.25, 0.3) is 17.0 Å². The molecule has 0 bridgehead atoms. The Bertz CT molecular complexity index is 765. The number of fused-ring (bicyclic) bond motifs is 1. The zero-order valence-electron chi connectivity index (χ0n) is 10.1. The fraction of sp³-hybridized carbons (Fsp3) is 0.0769. The van der Waals surface area contributed by atoms with Crippen molar-refractivity contribution in [1.29, 1.82) is 0 Å². The van der Waals surface area contributed by atoms with Gasteiger partial charge < -0.3 is 5.11 Å². The average molecular weight is 254 g/mol. The fourth-order valence-electron chi connectivity index (χ4n) is 1.90. The van der Waals surface area contributed by atoms with Gasteiger partial charge in [-0.1, -0.05) is 6.07 Å². The molecule has 3 aromatic heterocycles. The Balaban J connectivity index is 2.32. The van der Waals surface area contributed by atoms with E-state index in [-0.39, 0.29) is 5.69 Å². The Kier molecular flexibility index (Phi) is 2.49. The third kappa shape index (κ3) is 1.93. The van der Waals surface area contributed by atoms with Crippen LogP contribution in [0.2, 0.25) is 0 Å². The minimum Gasteiger partial charge on any atom is -0.476 e. The van der Waals surface area contributed by atoms with E-state index >= 15 is 0 Å². The second-order valence-electron chi connectivity index (χ2n) is 4.10. The first-order valence-electron chi connectivity index (χ1n) is 5.67. The van der Waals surface area contributed by atoms with Gasteiger partial charge in [0, 0.05) is 18.0 Å². The van der Waals surface area contributed by atoms with E-state index in [0.29, 0.717) is 5.65 Å². The van der Waals surface area contributed by atoms with E-state index in [1.807, 2.05) is 31.2 Å². The van der Waals surface area contributed by atoms with E-state index in [4.69, 9.17) is 5.11 Å². The minimum atomic E-state index is -1.07. The molecular weight excluding hydrogens is 244 g/mol. The largest absolute Gasteiger partial charge is 0.476 e. The van der Waals surface area contributed by atoms with Crippen molar-refractivity contribution in [2.24, 2.45) is 0 Å². The van der Waals surface area contributed by atoms with Crippen molar-refractivity contribution in [2.45, 2.75) is 6.92 Å². The highest BCUT2D eigenvalue weighted by atomic mass is 16.4. The van der Waals surface area contributed by atoms with E-state index in [1.54, 1.807) is 6.20 Å². The summed E-state index contributed by atoms with van der Waals surface area (Å²) in [5.74, 6) is -1.07. The summed E-state index contributed by atoms with van der Waals surface area (Å²) < 4.78 is 1.50. The van der Waals surface area contributed by atoms with Crippen molar-refractivity contribution in [3.05, 3.63) is 47.9 Å². The molecule has 94 valence electrons. The van der Waals surface area contributed by atoms with Crippen molar-refractivity contribution in [3.8, 4) is 11.4 Å². The molecule has 0 amide bonds. The monoisotopic (exact) mass is 254 g/mol. The standard InChI is InChI=1S/C13H10N4O2/c1-8-6-11(9-4-2-3-5-14-9)17-12(15-8)7-10(16-17)13(18)19/h2-7H,1H3,(H,18,19). The van der Waals surface area contributed by atoms with Crippen molar-refractivity contribution in [2.75, 3.05) is 0 Å². The lowest BCUT2D eigenvalue weighted by Crippen LogP contribution is -2.01. The number of carbonyl (C=O) groups is 1. The first kappa shape index (κ1) is 11.3. The molecule has 0 saturated carbocycles. The van der Waals surface area contributed by atoms with Crippen LogP contribution in [0.1, 0.15) is 16.2 Å². The van der Waals surface area contributed by atoms with Gasteiger partial charge >= 0.3 is 5.97 Å². The number of aromatic nitrogens is 4. The number of aryl methyl sites for hydroxylation is 1. The van der Waals surface area contributed by atoms with Gasteiger partial charge in [-0.2, -0.15) is 5.10 Å². The molecule has 0 saturated heterocycles. The summed E-state index contributed by atoms with van der Waals surface area (Å²) in [5.41, 5.74) is 2.69. The fourth-order valence-corrected chi connectivity index (χ4v) is 1.90. The Labute approximate surface area is 108 Å². The third-order valence-corrected chi connectivity index (χ3v) is 2.70. The van der Waals surface area contributed by atoms with Crippen LogP contribution in [0.5, 0.6) is 0 Å². The lowest BCUT2D eigenvalue weighted by molar-refractivity contribution is 0.0690.